The molecule has 1 fully saturated rings. The molecule has 1 heterocycles. The largest absolute Gasteiger partial charge is 0.493 e. The van der Waals surface area contributed by atoms with Gasteiger partial charge in [0.1, 0.15) is 0 Å². The van der Waals surface area contributed by atoms with Crippen LogP contribution in [-0.4, -0.2) is 22.3 Å². The lowest BCUT2D eigenvalue weighted by Crippen LogP contribution is -2.18. The lowest BCUT2D eigenvalue weighted by atomic mass is 9.95. The first-order valence-electron chi connectivity index (χ1n) is 6.90. The van der Waals surface area contributed by atoms with E-state index in [-0.39, 0.29) is 5.38 Å². The van der Waals surface area contributed by atoms with Crippen LogP contribution in [0.5, 0.6) is 5.75 Å². The van der Waals surface area contributed by atoms with Gasteiger partial charge >= 0.3 is 0 Å². The van der Waals surface area contributed by atoms with E-state index in [0.29, 0.717) is 12.0 Å². The Bertz CT molecular complexity index is 389. The zero-order valence-corrected chi connectivity index (χ0v) is 12.3. The van der Waals surface area contributed by atoms with Gasteiger partial charge in [0.25, 0.3) is 0 Å². The van der Waals surface area contributed by atoms with Crippen LogP contribution in [0.1, 0.15) is 63.6 Å². The second-order valence-corrected chi connectivity index (χ2v) is 5.96. The minimum Gasteiger partial charge on any atom is -0.493 e. The number of ether oxygens (including phenoxy) is 1. The summed E-state index contributed by atoms with van der Waals surface area (Å²) >= 11 is 6.59. The van der Waals surface area contributed by atoms with E-state index in [1.54, 1.807) is 7.11 Å². The SMILES string of the molecule is COc1cnn(C(C)C)c1C1CCCCCC1Cl. The van der Waals surface area contributed by atoms with Crippen LogP contribution < -0.4 is 4.74 Å². The van der Waals surface area contributed by atoms with Crippen molar-refractivity contribution in [1.29, 1.82) is 0 Å². The molecule has 1 aliphatic carbocycles. The molecule has 2 rings (SSSR count). The fourth-order valence-corrected chi connectivity index (χ4v) is 3.25. The molecule has 0 saturated heterocycles. The van der Waals surface area contributed by atoms with Gasteiger partial charge in [-0.1, -0.05) is 19.3 Å². The number of rotatable bonds is 3. The molecule has 1 aromatic heterocycles. The van der Waals surface area contributed by atoms with E-state index in [2.05, 4.69) is 23.6 Å². The van der Waals surface area contributed by atoms with Crippen molar-refractivity contribution in [2.75, 3.05) is 7.11 Å². The van der Waals surface area contributed by atoms with E-state index in [0.717, 1.165) is 18.6 Å². The molecule has 4 heteroatoms. The van der Waals surface area contributed by atoms with Crippen LogP contribution in [0.3, 0.4) is 0 Å². The number of alkyl halides is 1. The van der Waals surface area contributed by atoms with E-state index >= 15 is 0 Å². The Morgan fingerprint density at radius 3 is 2.72 bits per heavy atom. The summed E-state index contributed by atoms with van der Waals surface area (Å²) in [5, 5.41) is 4.66. The molecule has 0 bridgehead atoms. The summed E-state index contributed by atoms with van der Waals surface area (Å²) < 4.78 is 7.55. The molecular formula is C14H23ClN2O. The number of halogens is 1. The first-order valence-corrected chi connectivity index (χ1v) is 7.34. The molecule has 0 amide bonds. The van der Waals surface area contributed by atoms with Crippen LogP contribution in [0.15, 0.2) is 6.20 Å². The average Bonchev–Trinajstić information content (AvgIpc) is 2.66. The summed E-state index contributed by atoms with van der Waals surface area (Å²) in [7, 11) is 1.71. The van der Waals surface area contributed by atoms with Crippen LogP contribution in [0.4, 0.5) is 0 Å². The van der Waals surface area contributed by atoms with Gasteiger partial charge in [-0.15, -0.1) is 11.6 Å². The minimum atomic E-state index is 0.204. The lowest BCUT2D eigenvalue weighted by molar-refractivity contribution is 0.390. The van der Waals surface area contributed by atoms with Crippen molar-refractivity contribution in [2.24, 2.45) is 0 Å². The Balaban J connectivity index is 2.37. The molecule has 0 radical (unpaired) electrons. The molecular weight excluding hydrogens is 248 g/mol. The molecule has 102 valence electrons. The third-order valence-corrected chi connectivity index (χ3v) is 4.31. The first-order chi connectivity index (χ1) is 8.65. The van der Waals surface area contributed by atoms with Gasteiger partial charge < -0.3 is 4.74 Å². The van der Waals surface area contributed by atoms with E-state index < -0.39 is 0 Å². The van der Waals surface area contributed by atoms with Gasteiger partial charge in [0.2, 0.25) is 0 Å². The Kier molecular flexibility index (Phi) is 4.55. The van der Waals surface area contributed by atoms with Gasteiger partial charge in [0.15, 0.2) is 5.75 Å². The van der Waals surface area contributed by atoms with Crippen LogP contribution >= 0.6 is 11.6 Å². The lowest BCUT2D eigenvalue weighted by Gasteiger charge is -2.23. The zero-order chi connectivity index (χ0) is 13.1. The van der Waals surface area contributed by atoms with Crippen molar-refractivity contribution in [3.8, 4) is 5.75 Å². The van der Waals surface area contributed by atoms with Gasteiger partial charge in [0.05, 0.1) is 19.0 Å². The van der Waals surface area contributed by atoms with Crippen molar-refractivity contribution >= 4 is 11.6 Å². The fourth-order valence-electron chi connectivity index (χ4n) is 2.85. The number of methoxy groups -OCH3 is 1. The summed E-state index contributed by atoms with van der Waals surface area (Å²) in [6.07, 6.45) is 7.84. The molecule has 1 saturated carbocycles. The van der Waals surface area contributed by atoms with Crippen LogP contribution in [0, 0.1) is 0 Å². The predicted molar refractivity (Wildman–Crippen MR) is 74.6 cm³/mol. The van der Waals surface area contributed by atoms with Gasteiger partial charge in [-0.05, 0) is 26.7 Å². The third-order valence-electron chi connectivity index (χ3n) is 3.79. The highest BCUT2D eigenvalue weighted by atomic mass is 35.5. The smallest absolute Gasteiger partial charge is 0.160 e. The Morgan fingerprint density at radius 2 is 2.06 bits per heavy atom. The second-order valence-electron chi connectivity index (χ2n) is 5.40. The summed E-state index contributed by atoms with van der Waals surface area (Å²) in [5.41, 5.74) is 1.19. The molecule has 0 aromatic carbocycles. The van der Waals surface area contributed by atoms with Gasteiger partial charge in [-0.25, -0.2) is 0 Å². The molecule has 0 N–H and O–H groups in total. The number of aromatic nitrogens is 2. The van der Waals surface area contributed by atoms with Crippen LogP contribution in [-0.2, 0) is 0 Å². The maximum absolute atomic E-state index is 6.59. The van der Waals surface area contributed by atoms with Crippen molar-refractivity contribution in [3.05, 3.63) is 11.9 Å². The Hall–Kier alpha value is -0.700. The number of hydrogen-bond donors (Lipinski definition) is 0. The molecule has 0 spiro atoms. The minimum absolute atomic E-state index is 0.204. The number of nitrogens with zero attached hydrogens (tertiary/aromatic N) is 2. The fraction of sp³-hybridized carbons (Fsp3) is 0.786. The topological polar surface area (TPSA) is 27.1 Å². The van der Waals surface area contributed by atoms with Crippen molar-refractivity contribution < 1.29 is 4.74 Å². The zero-order valence-electron chi connectivity index (χ0n) is 11.5. The van der Waals surface area contributed by atoms with Crippen LogP contribution in [0.25, 0.3) is 0 Å². The molecule has 0 aliphatic heterocycles. The summed E-state index contributed by atoms with van der Waals surface area (Å²) in [4.78, 5) is 0. The highest BCUT2D eigenvalue weighted by molar-refractivity contribution is 6.21. The maximum atomic E-state index is 6.59. The summed E-state index contributed by atoms with van der Waals surface area (Å²) in [6.45, 7) is 4.30. The van der Waals surface area contributed by atoms with Crippen molar-refractivity contribution in [2.45, 2.75) is 63.3 Å². The standard InChI is InChI=1S/C14H23ClN2O/c1-10(2)17-14(13(18-3)9-16-17)11-7-5-4-6-8-12(11)15/h9-12H,4-8H2,1-3H3. The van der Waals surface area contributed by atoms with Gasteiger partial charge in [0, 0.05) is 17.3 Å². The second kappa shape index (κ2) is 5.96. The maximum Gasteiger partial charge on any atom is 0.160 e. The summed E-state index contributed by atoms with van der Waals surface area (Å²) in [6, 6.07) is 0.344. The summed E-state index contributed by atoms with van der Waals surface area (Å²) in [5.74, 6) is 1.26. The van der Waals surface area contributed by atoms with E-state index in [4.69, 9.17) is 16.3 Å². The van der Waals surface area contributed by atoms with E-state index in [1.165, 1.54) is 25.0 Å². The molecule has 1 aromatic rings. The van der Waals surface area contributed by atoms with E-state index in [1.807, 2.05) is 6.20 Å². The van der Waals surface area contributed by atoms with E-state index in [9.17, 15) is 0 Å². The first kappa shape index (κ1) is 13.7. The number of hydrogen-bond acceptors (Lipinski definition) is 2. The van der Waals surface area contributed by atoms with Gasteiger partial charge in [-0.2, -0.15) is 5.10 Å². The molecule has 2 atom stereocenters. The van der Waals surface area contributed by atoms with Crippen molar-refractivity contribution in [1.82, 2.24) is 9.78 Å². The predicted octanol–water partition coefficient (Wildman–Crippen LogP) is 4.13. The highest BCUT2D eigenvalue weighted by Crippen LogP contribution is 2.40. The highest BCUT2D eigenvalue weighted by Gasteiger charge is 2.30. The quantitative estimate of drug-likeness (QED) is 0.610. The molecule has 18 heavy (non-hydrogen) atoms. The van der Waals surface area contributed by atoms with Crippen LogP contribution in [0.2, 0.25) is 0 Å². The van der Waals surface area contributed by atoms with Crippen molar-refractivity contribution in [3.63, 3.8) is 0 Å². The normalized spacial score (nSPS) is 25.2. The molecule has 1 aliphatic rings. The van der Waals surface area contributed by atoms with Gasteiger partial charge in [-0.3, -0.25) is 4.68 Å². The average molecular weight is 271 g/mol. The Labute approximate surface area is 114 Å². The third kappa shape index (κ3) is 2.66. The monoisotopic (exact) mass is 270 g/mol. The Morgan fingerprint density at radius 1 is 1.33 bits per heavy atom. The molecule has 2 unspecified atom stereocenters. The molecule has 3 nitrogen and oxygen atoms in total.